The summed E-state index contributed by atoms with van der Waals surface area (Å²) in [5.74, 6) is -0.868. The van der Waals surface area contributed by atoms with Gasteiger partial charge in [0.05, 0.1) is 13.0 Å². The molecule has 0 spiro atoms. The highest BCUT2D eigenvalue weighted by atomic mass is 16.4. The third kappa shape index (κ3) is 3.68. The number of aliphatic carboxylic acids is 1. The minimum Gasteiger partial charge on any atom is -0.481 e. The van der Waals surface area contributed by atoms with Gasteiger partial charge < -0.3 is 16.6 Å². The molecule has 0 aliphatic carbocycles. The maximum absolute atomic E-state index is 10.6. The van der Waals surface area contributed by atoms with Gasteiger partial charge in [0.25, 0.3) is 0 Å². The number of rotatable bonds is 4. The zero-order valence-corrected chi connectivity index (χ0v) is 8.18. The molecule has 5 N–H and O–H groups in total. The fourth-order valence-electron chi connectivity index (χ4n) is 1.22. The molecular formula is C10H13N3O2. The number of nitrogens with zero attached hydrogens (tertiary/aromatic N) is 1. The number of guanidine groups is 1. The second-order valence-electron chi connectivity index (χ2n) is 3.08. The zero-order valence-electron chi connectivity index (χ0n) is 8.18. The van der Waals surface area contributed by atoms with Gasteiger partial charge in [-0.1, -0.05) is 24.3 Å². The van der Waals surface area contributed by atoms with Crippen molar-refractivity contribution in [3.05, 3.63) is 35.4 Å². The molecule has 1 aromatic carbocycles. The van der Waals surface area contributed by atoms with Crippen molar-refractivity contribution in [2.75, 3.05) is 0 Å². The third-order valence-corrected chi connectivity index (χ3v) is 1.89. The first-order chi connectivity index (χ1) is 7.09. The van der Waals surface area contributed by atoms with Gasteiger partial charge in [0.1, 0.15) is 0 Å². The van der Waals surface area contributed by atoms with Gasteiger partial charge in [-0.25, -0.2) is 4.99 Å². The van der Waals surface area contributed by atoms with Crippen LogP contribution in [0.5, 0.6) is 0 Å². The van der Waals surface area contributed by atoms with Crippen molar-refractivity contribution < 1.29 is 9.90 Å². The monoisotopic (exact) mass is 207 g/mol. The van der Waals surface area contributed by atoms with E-state index in [0.29, 0.717) is 6.54 Å². The van der Waals surface area contributed by atoms with Gasteiger partial charge in [-0.05, 0) is 11.1 Å². The van der Waals surface area contributed by atoms with E-state index in [4.69, 9.17) is 16.6 Å². The predicted octanol–water partition coefficient (Wildman–Crippen LogP) is 0.0871. The molecular weight excluding hydrogens is 194 g/mol. The Labute approximate surface area is 87.4 Å². The van der Waals surface area contributed by atoms with Crippen molar-refractivity contribution in [3.63, 3.8) is 0 Å². The largest absolute Gasteiger partial charge is 0.481 e. The molecule has 1 aromatic rings. The highest BCUT2D eigenvalue weighted by Crippen LogP contribution is 2.10. The average molecular weight is 207 g/mol. The third-order valence-electron chi connectivity index (χ3n) is 1.89. The number of aliphatic imine (C=N–C) groups is 1. The Morgan fingerprint density at radius 3 is 2.40 bits per heavy atom. The van der Waals surface area contributed by atoms with Gasteiger partial charge in [-0.15, -0.1) is 0 Å². The van der Waals surface area contributed by atoms with Gasteiger partial charge in [0, 0.05) is 0 Å². The average Bonchev–Trinajstić information content (AvgIpc) is 2.15. The smallest absolute Gasteiger partial charge is 0.307 e. The van der Waals surface area contributed by atoms with Gasteiger partial charge in [0.2, 0.25) is 0 Å². The number of hydrogen-bond acceptors (Lipinski definition) is 2. The first-order valence-corrected chi connectivity index (χ1v) is 4.43. The summed E-state index contributed by atoms with van der Waals surface area (Å²) in [5, 5.41) is 8.68. The Balaban J connectivity index is 2.86. The maximum Gasteiger partial charge on any atom is 0.307 e. The van der Waals surface area contributed by atoms with Crippen LogP contribution in [0.2, 0.25) is 0 Å². The molecule has 5 nitrogen and oxygen atoms in total. The Bertz CT molecular complexity index is 384. The van der Waals surface area contributed by atoms with Crippen LogP contribution in [-0.2, 0) is 17.8 Å². The summed E-state index contributed by atoms with van der Waals surface area (Å²) in [6.45, 7) is 0.311. The van der Waals surface area contributed by atoms with Crippen LogP contribution < -0.4 is 11.5 Å². The Hall–Kier alpha value is -2.04. The second-order valence-corrected chi connectivity index (χ2v) is 3.08. The van der Waals surface area contributed by atoms with E-state index in [2.05, 4.69) is 4.99 Å². The molecule has 1 rings (SSSR count). The normalized spacial score (nSPS) is 9.60. The van der Waals surface area contributed by atoms with Crippen molar-refractivity contribution in [1.29, 1.82) is 0 Å². The summed E-state index contributed by atoms with van der Waals surface area (Å²) >= 11 is 0. The Morgan fingerprint density at radius 2 is 1.87 bits per heavy atom. The summed E-state index contributed by atoms with van der Waals surface area (Å²) in [4.78, 5) is 14.4. The molecule has 0 fully saturated rings. The van der Waals surface area contributed by atoms with Crippen LogP contribution in [0.25, 0.3) is 0 Å². The summed E-state index contributed by atoms with van der Waals surface area (Å²) in [6.07, 6.45) is -0.0177. The highest BCUT2D eigenvalue weighted by molar-refractivity contribution is 5.75. The number of carboxylic acids is 1. The molecule has 0 bridgehead atoms. The van der Waals surface area contributed by atoms with E-state index < -0.39 is 5.97 Å². The molecule has 15 heavy (non-hydrogen) atoms. The first kappa shape index (κ1) is 11.0. The van der Waals surface area contributed by atoms with Crippen LogP contribution in [0.4, 0.5) is 0 Å². The lowest BCUT2D eigenvalue weighted by Gasteiger charge is -2.04. The van der Waals surface area contributed by atoms with Crippen LogP contribution in [-0.4, -0.2) is 17.0 Å². The van der Waals surface area contributed by atoms with E-state index >= 15 is 0 Å². The molecule has 0 radical (unpaired) electrons. The maximum atomic E-state index is 10.6. The van der Waals surface area contributed by atoms with Crippen molar-refractivity contribution in [2.24, 2.45) is 16.5 Å². The highest BCUT2D eigenvalue weighted by Gasteiger charge is 2.05. The molecule has 0 amide bonds. The van der Waals surface area contributed by atoms with Crippen LogP contribution >= 0.6 is 0 Å². The fraction of sp³-hybridized carbons (Fsp3) is 0.200. The lowest BCUT2D eigenvalue weighted by molar-refractivity contribution is -0.136. The number of carbonyl (C=O) groups is 1. The zero-order chi connectivity index (χ0) is 11.3. The van der Waals surface area contributed by atoms with Crippen molar-refractivity contribution in [1.82, 2.24) is 0 Å². The van der Waals surface area contributed by atoms with E-state index in [0.717, 1.165) is 11.1 Å². The van der Waals surface area contributed by atoms with Crippen molar-refractivity contribution in [2.45, 2.75) is 13.0 Å². The Kier molecular flexibility index (Phi) is 3.68. The summed E-state index contributed by atoms with van der Waals surface area (Å²) in [6, 6.07) is 7.18. The van der Waals surface area contributed by atoms with Crippen LogP contribution in [0, 0.1) is 0 Å². The van der Waals surface area contributed by atoms with E-state index in [9.17, 15) is 4.79 Å². The minimum absolute atomic E-state index is 0.000119. The molecule has 0 atom stereocenters. The SMILES string of the molecule is NC(N)=NCc1ccccc1CC(=O)O. The van der Waals surface area contributed by atoms with Crippen LogP contribution in [0.3, 0.4) is 0 Å². The van der Waals surface area contributed by atoms with Gasteiger partial charge >= 0.3 is 5.97 Å². The number of benzene rings is 1. The molecule has 0 saturated carbocycles. The van der Waals surface area contributed by atoms with E-state index in [1.54, 1.807) is 12.1 Å². The summed E-state index contributed by atoms with van der Waals surface area (Å²) in [5.41, 5.74) is 12.0. The number of hydrogen-bond donors (Lipinski definition) is 3. The lowest BCUT2D eigenvalue weighted by Crippen LogP contribution is -2.22. The molecule has 0 heterocycles. The number of nitrogens with two attached hydrogens (primary N) is 2. The predicted molar refractivity (Wildman–Crippen MR) is 57.3 cm³/mol. The molecule has 0 aliphatic rings. The standard InChI is InChI=1S/C10H13N3O2/c11-10(12)13-6-8-4-2-1-3-7(8)5-9(14)15/h1-4H,5-6H2,(H,14,15)(H4,11,12,13). The fourth-order valence-corrected chi connectivity index (χ4v) is 1.22. The van der Waals surface area contributed by atoms with E-state index in [1.165, 1.54) is 0 Å². The van der Waals surface area contributed by atoms with Crippen LogP contribution in [0.15, 0.2) is 29.3 Å². The molecule has 0 aromatic heterocycles. The molecule has 0 unspecified atom stereocenters. The Morgan fingerprint density at radius 1 is 1.27 bits per heavy atom. The van der Waals surface area contributed by atoms with E-state index in [1.807, 2.05) is 12.1 Å². The molecule has 80 valence electrons. The summed E-state index contributed by atoms with van der Waals surface area (Å²) in [7, 11) is 0. The van der Waals surface area contributed by atoms with Crippen molar-refractivity contribution in [3.8, 4) is 0 Å². The minimum atomic E-state index is -0.868. The van der Waals surface area contributed by atoms with E-state index in [-0.39, 0.29) is 12.4 Å². The van der Waals surface area contributed by atoms with Gasteiger partial charge in [0.15, 0.2) is 5.96 Å². The van der Waals surface area contributed by atoms with Gasteiger partial charge in [-0.2, -0.15) is 0 Å². The van der Waals surface area contributed by atoms with Crippen LogP contribution in [0.1, 0.15) is 11.1 Å². The second kappa shape index (κ2) is 4.99. The van der Waals surface area contributed by atoms with Gasteiger partial charge in [-0.3, -0.25) is 4.79 Å². The number of carboxylic acid groups (broad SMARTS) is 1. The summed E-state index contributed by atoms with van der Waals surface area (Å²) < 4.78 is 0. The lowest BCUT2D eigenvalue weighted by atomic mass is 10.1. The molecule has 0 saturated heterocycles. The topological polar surface area (TPSA) is 102 Å². The van der Waals surface area contributed by atoms with Crippen molar-refractivity contribution >= 4 is 11.9 Å². The first-order valence-electron chi connectivity index (χ1n) is 4.43. The molecule has 5 heteroatoms. The molecule has 0 aliphatic heterocycles. The quantitative estimate of drug-likeness (QED) is 0.481.